The predicted octanol–water partition coefficient (Wildman–Crippen LogP) is 1.92. The van der Waals surface area contributed by atoms with Crippen molar-refractivity contribution in [1.29, 1.82) is 0 Å². The van der Waals surface area contributed by atoms with E-state index >= 15 is 0 Å². The lowest BCUT2D eigenvalue weighted by atomic mass is 10.1. The van der Waals surface area contributed by atoms with Crippen LogP contribution in [0.3, 0.4) is 0 Å². The van der Waals surface area contributed by atoms with E-state index in [0.29, 0.717) is 11.1 Å². The Bertz CT molecular complexity index is 476. The maximum absolute atomic E-state index is 4.95. The van der Waals surface area contributed by atoms with Crippen LogP contribution in [0.2, 0.25) is 0 Å². The Morgan fingerprint density at radius 1 is 1.39 bits per heavy atom. The van der Waals surface area contributed by atoms with Crippen molar-refractivity contribution in [3.05, 3.63) is 42.0 Å². The highest BCUT2D eigenvalue weighted by Crippen LogP contribution is 2.36. The number of nitrogens with zero attached hydrogens (tertiary/aromatic N) is 2. The Morgan fingerprint density at radius 3 is 3.17 bits per heavy atom. The summed E-state index contributed by atoms with van der Waals surface area (Å²) in [6, 6.07) is 8.65. The third-order valence-electron chi connectivity index (χ3n) is 3.01. The maximum Gasteiger partial charge on any atom is 0.227 e. The molecule has 5 heteroatoms. The van der Waals surface area contributed by atoms with Crippen LogP contribution in [0.15, 0.2) is 40.0 Å². The van der Waals surface area contributed by atoms with Gasteiger partial charge in [0, 0.05) is 29.7 Å². The second kappa shape index (κ2) is 5.54. The summed E-state index contributed by atoms with van der Waals surface area (Å²) in [6.07, 6.45) is 3.40. The van der Waals surface area contributed by atoms with Crippen LogP contribution < -0.4 is 5.32 Å². The molecule has 1 aromatic heterocycles. The Morgan fingerprint density at radius 2 is 2.33 bits per heavy atom. The summed E-state index contributed by atoms with van der Waals surface area (Å²) in [5, 5.41) is 7.68. The minimum Gasteiger partial charge on any atom is -0.340 e. The standard InChI is InChI=1S/C13H15N3OS/c1-2-4-12-10(3-1)7-11(18-12)8-14-6-5-13-15-9-16-17-13/h1-4,9,11,14H,5-8H2. The van der Waals surface area contributed by atoms with Gasteiger partial charge in [-0.3, -0.25) is 0 Å². The van der Waals surface area contributed by atoms with Crippen LogP contribution in [-0.4, -0.2) is 28.5 Å². The molecule has 1 unspecified atom stereocenters. The molecule has 0 bridgehead atoms. The molecule has 4 nitrogen and oxygen atoms in total. The van der Waals surface area contributed by atoms with Crippen molar-refractivity contribution >= 4 is 11.8 Å². The van der Waals surface area contributed by atoms with Gasteiger partial charge in [-0.2, -0.15) is 4.98 Å². The molecule has 0 spiro atoms. The second-order valence-electron chi connectivity index (χ2n) is 4.34. The van der Waals surface area contributed by atoms with Gasteiger partial charge >= 0.3 is 0 Å². The number of nitrogens with one attached hydrogen (secondary N) is 1. The zero-order chi connectivity index (χ0) is 12.2. The van der Waals surface area contributed by atoms with Gasteiger partial charge in [0.1, 0.15) is 0 Å². The van der Waals surface area contributed by atoms with E-state index in [9.17, 15) is 0 Å². The minimum absolute atomic E-state index is 0.644. The number of benzene rings is 1. The molecule has 0 aliphatic carbocycles. The number of fused-ring (bicyclic) bond motifs is 1. The quantitative estimate of drug-likeness (QED) is 0.833. The molecule has 0 saturated heterocycles. The van der Waals surface area contributed by atoms with Crippen molar-refractivity contribution < 1.29 is 4.52 Å². The van der Waals surface area contributed by atoms with E-state index < -0.39 is 0 Å². The first kappa shape index (κ1) is 11.7. The van der Waals surface area contributed by atoms with Gasteiger partial charge in [-0.05, 0) is 18.1 Å². The first-order valence-electron chi connectivity index (χ1n) is 6.12. The maximum atomic E-state index is 4.95. The summed E-state index contributed by atoms with van der Waals surface area (Å²) < 4.78 is 4.95. The average Bonchev–Trinajstić information content (AvgIpc) is 3.03. The number of thioether (sulfide) groups is 1. The zero-order valence-corrected chi connectivity index (χ0v) is 10.8. The Kier molecular flexibility index (Phi) is 3.61. The molecule has 18 heavy (non-hydrogen) atoms. The van der Waals surface area contributed by atoms with Crippen molar-refractivity contribution in [1.82, 2.24) is 15.5 Å². The number of aromatic nitrogens is 2. The van der Waals surface area contributed by atoms with Crippen molar-refractivity contribution in [2.24, 2.45) is 0 Å². The summed E-state index contributed by atoms with van der Waals surface area (Å²) >= 11 is 1.97. The molecule has 1 aromatic carbocycles. The first-order chi connectivity index (χ1) is 8.92. The lowest BCUT2D eigenvalue weighted by Crippen LogP contribution is -2.26. The lowest BCUT2D eigenvalue weighted by Gasteiger charge is -2.08. The van der Waals surface area contributed by atoms with Crippen LogP contribution in [0, 0.1) is 0 Å². The van der Waals surface area contributed by atoms with Crippen molar-refractivity contribution in [2.75, 3.05) is 13.1 Å². The van der Waals surface area contributed by atoms with Crippen LogP contribution in [0.1, 0.15) is 11.5 Å². The molecule has 0 radical (unpaired) electrons. The van der Waals surface area contributed by atoms with Crippen molar-refractivity contribution in [3.63, 3.8) is 0 Å². The van der Waals surface area contributed by atoms with Gasteiger partial charge in [0.2, 0.25) is 5.89 Å². The lowest BCUT2D eigenvalue weighted by molar-refractivity contribution is 0.375. The minimum atomic E-state index is 0.644. The van der Waals surface area contributed by atoms with Gasteiger partial charge in [-0.15, -0.1) is 11.8 Å². The van der Waals surface area contributed by atoms with Crippen LogP contribution in [0.25, 0.3) is 0 Å². The molecule has 3 rings (SSSR count). The summed E-state index contributed by atoms with van der Waals surface area (Å²) in [5.41, 5.74) is 1.48. The molecule has 1 aliphatic heterocycles. The van der Waals surface area contributed by atoms with E-state index in [1.807, 2.05) is 11.8 Å². The summed E-state index contributed by atoms with van der Waals surface area (Å²) in [6.45, 7) is 1.91. The fraction of sp³-hybridized carbons (Fsp3) is 0.385. The van der Waals surface area contributed by atoms with Crippen molar-refractivity contribution in [3.8, 4) is 0 Å². The van der Waals surface area contributed by atoms with Gasteiger partial charge in [0.15, 0.2) is 6.33 Å². The van der Waals surface area contributed by atoms with Crippen LogP contribution >= 0.6 is 11.8 Å². The van der Waals surface area contributed by atoms with E-state index in [4.69, 9.17) is 4.52 Å². The Hall–Kier alpha value is -1.33. The summed E-state index contributed by atoms with van der Waals surface area (Å²) in [4.78, 5) is 5.43. The first-order valence-corrected chi connectivity index (χ1v) is 7.00. The Labute approximate surface area is 110 Å². The number of hydrogen-bond acceptors (Lipinski definition) is 5. The smallest absolute Gasteiger partial charge is 0.227 e. The zero-order valence-electron chi connectivity index (χ0n) is 10.0. The molecule has 1 N–H and O–H groups in total. The van der Waals surface area contributed by atoms with Crippen LogP contribution in [0.4, 0.5) is 0 Å². The fourth-order valence-corrected chi connectivity index (χ4v) is 3.42. The SMILES string of the molecule is c1ccc2c(c1)CC(CNCCc1ncno1)S2. The third kappa shape index (κ3) is 2.73. The van der Waals surface area contributed by atoms with Gasteiger partial charge in [-0.1, -0.05) is 23.4 Å². The molecular weight excluding hydrogens is 246 g/mol. The van der Waals surface area contributed by atoms with Crippen LogP contribution in [0.5, 0.6) is 0 Å². The van der Waals surface area contributed by atoms with E-state index in [1.165, 1.54) is 16.8 Å². The number of rotatable bonds is 5. The molecule has 0 fully saturated rings. The monoisotopic (exact) mass is 261 g/mol. The predicted molar refractivity (Wildman–Crippen MR) is 70.7 cm³/mol. The van der Waals surface area contributed by atoms with Gasteiger partial charge in [0.25, 0.3) is 0 Å². The highest BCUT2D eigenvalue weighted by molar-refractivity contribution is 8.00. The van der Waals surface area contributed by atoms with E-state index in [-0.39, 0.29) is 0 Å². The molecular formula is C13H15N3OS. The molecule has 0 amide bonds. The summed E-state index contributed by atoms with van der Waals surface area (Å²) in [5.74, 6) is 0.699. The highest BCUT2D eigenvalue weighted by Gasteiger charge is 2.20. The largest absolute Gasteiger partial charge is 0.340 e. The topological polar surface area (TPSA) is 51.0 Å². The molecule has 2 heterocycles. The summed E-state index contributed by atoms with van der Waals surface area (Å²) in [7, 11) is 0. The molecule has 0 saturated carbocycles. The fourth-order valence-electron chi connectivity index (χ4n) is 2.13. The van der Waals surface area contributed by atoms with Gasteiger partial charge in [-0.25, -0.2) is 0 Å². The normalized spacial score (nSPS) is 17.9. The van der Waals surface area contributed by atoms with Crippen molar-refractivity contribution in [2.45, 2.75) is 23.0 Å². The van der Waals surface area contributed by atoms with E-state index in [0.717, 1.165) is 25.9 Å². The number of hydrogen-bond donors (Lipinski definition) is 1. The molecule has 1 aliphatic rings. The highest BCUT2D eigenvalue weighted by atomic mass is 32.2. The van der Waals surface area contributed by atoms with Gasteiger partial charge in [0.05, 0.1) is 0 Å². The van der Waals surface area contributed by atoms with Gasteiger partial charge < -0.3 is 9.84 Å². The molecule has 2 aromatic rings. The van der Waals surface area contributed by atoms with E-state index in [2.05, 4.69) is 39.7 Å². The van der Waals surface area contributed by atoms with Crippen LogP contribution in [-0.2, 0) is 12.8 Å². The molecule has 94 valence electrons. The molecule has 1 atom stereocenters. The van der Waals surface area contributed by atoms with E-state index in [1.54, 1.807) is 0 Å². The Balaban J connectivity index is 1.41. The third-order valence-corrected chi connectivity index (χ3v) is 4.33. The average molecular weight is 261 g/mol. The second-order valence-corrected chi connectivity index (χ2v) is 5.68.